The van der Waals surface area contributed by atoms with Crippen LogP contribution in [-0.4, -0.2) is 29.3 Å². The third-order valence-corrected chi connectivity index (χ3v) is 5.89. The van der Waals surface area contributed by atoms with Gasteiger partial charge in [-0.05, 0) is 35.7 Å². The lowest BCUT2D eigenvalue weighted by Crippen LogP contribution is -2.43. The minimum Gasteiger partial charge on any atom is -0.325 e. The van der Waals surface area contributed by atoms with E-state index in [1.54, 1.807) is 6.92 Å². The van der Waals surface area contributed by atoms with Gasteiger partial charge in [-0.15, -0.1) is 0 Å². The molecular formula is C26H24FN3O3. The number of anilines is 1. The smallest absolute Gasteiger partial charge is 0.325 e. The molecule has 1 aliphatic rings. The lowest BCUT2D eigenvalue weighted by molar-refractivity contribution is -0.132. The number of carbonyl (C=O) groups excluding carboxylic acids is 3. The number of nitrogens with one attached hydrogen (secondary N) is 2. The lowest BCUT2D eigenvalue weighted by atomic mass is 9.87. The van der Waals surface area contributed by atoms with Crippen LogP contribution in [0, 0.1) is 5.82 Å². The van der Waals surface area contributed by atoms with Gasteiger partial charge in [-0.3, -0.25) is 14.5 Å². The van der Waals surface area contributed by atoms with Crippen LogP contribution in [0.3, 0.4) is 0 Å². The second-order valence-corrected chi connectivity index (χ2v) is 7.86. The molecule has 0 saturated carbocycles. The molecule has 4 rings (SSSR count). The second kappa shape index (κ2) is 9.24. The summed E-state index contributed by atoms with van der Waals surface area (Å²) in [6.45, 7) is 1.71. The molecule has 1 fully saturated rings. The van der Waals surface area contributed by atoms with Crippen molar-refractivity contribution in [2.24, 2.45) is 0 Å². The summed E-state index contributed by atoms with van der Waals surface area (Å²) in [5.41, 5.74) is 1.74. The normalized spacial score (nSPS) is 17.7. The quantitative estimate of drug-likeness (QED) is 0.519. The molecule has 1 unspecified atom stereocenters. The number of benzene rings is 3. The number of urea groups is 1. The van der Waals surface area contributed by atoms with Crippen molar-refractivity contribution in [2.75, 3.05) is 11.9 Å². The number of hydrogen-bond acceptors (Lipinski definition) is 3. The van der Waals surface area contributed by atoms with Gasteiger partial charge >= 0.3 is 6.03 Å². The molecule has 0 aliphatic carbocycles. The summed E-state index contributed by atoms with van der Waals surface area (Å²) in [5.74, 6) is -1.18. The monoisotopic (exact) mass is 445 g/mol. The first-order valence-corrected chi connectivity index (χ1v) is 10.8. The number of hydrogen-bond donors (Lipinski definition) is 2. The summed E-state index contributed by atoms with van der Waals surface area (Å²) in [4.78, 5) is 39.5. The van der Waals surface area contributed by atoms with Gasteiger partial charge in [-0.2, -0.15) is 0 Å². The zero-order valence-corrected chi connectivity index (χ0v) is 18.2. The van der Waals surface area contributed by atoms with E-state index in [1.807, 2.05) is 54.6 Å². The van der Waals surface area contributed by atoms with Crippen molar-refractivity contribution < 1.29 is 18.8 Å². The topological polar surface area (TPSA) is 78.5 Å². The summed E-state index contributed by atoms with van der Waals surface area (Å²) >= 11 is 0. The van der Waals surface area contributed by atoms with Crippen LogP contribution >= 0.6 is 0 Å². The van der Waals surface area contributed by atoms with Gasteiger partial charge in [0.2, 0.25) is 5.91 Å². The highest BCUT2D eigenvalue weighted by Crippen LogP contribution is 2.33. The lowest BCUT2D eigenvalue weighted by Gasteiger charge is -2.25. The summed E-state index contributed by atoms with van der Waals surface area (Å²) in [6.07, 6.45) is 0.252. The van der Waals surface area contributed by atoms with Gasteiger partial charge in [0, 0.05) is 24.2 Å². The van der Waals surface area contributed by atoms with Gasteiger partial charge < -0.3 is 10.6 Å². The second-order valence-electron chi connectivity index (χ2n) is 7.86. The van der Waals surface area contributed by atoms with Gasteiger partial charge in [0.05, 0.1) is 0 Å². The van der Waals surface area contributed by atoms with Crippen molar-refractivity contribution in [1.29, 1.82) is 0 Å². The summed E-state index contributed by atoms with van der Waals surface area (Å²) < 4.78 is 13.4. The summed E-state index contributed by atoms with van der Waals surface area (Å²) in [6, 6.07) is 22.1. The first-order valence-electron chi connectivity index (χ1n) is 10.8. The van der Waals surface area contributed by atoms with Gasteiger partial charge in [0.15, 0.2) is 0 Å². The third kappa shape index (κ3) is 4.35. The molecule has 33 heavy (non-hydrogen) atoms. The Balaban J connectivity index is 1.46. The van der Waals surface area contributed by atoms with Crippen LogP contribution in [-0.2, 0) is 15.1 Å². The van der Waals surface area contributed by atoms with E-state index < -0.39 is 23.3 Å². The minimum absolute atomic E-state index is 0.0501. The Bertz CT molecular complexity index is 1180. The van der Waals surface area contributed by atoms with Crippen molar-refractivity contribution in [3.05, 3.63) is 90.2 Å². The Labute approximate surface area is 191 Å². The fourth-order valence-corrected chi connectivity index (χ4v) is 4.09. The molecule has 1 heterocycles. The summed E-state index contributed by atoms with van der Waals surface area (Å²) in [7, 11) is 0. The molecule has 1 aliphatic heterocycles. The molecule has 4 amide bonds. The van der Waals surface area contributed by atoms with E-state index in [0.29, 0.717) is 17.7 Å². The van der Waals surface area contributed by atoms with Gasteiger partial charge in [-0.1, -0.05) is 67.6 Å². The molecular weight excluding hydrogens is 421 g/mol. The number of amides is 4. The maximum absolute atomic E-state index is 13.4. The average Bonchev–Trinajstić information content (AvgIpc) is 3.09. The molecule has 6 nitrogen and oxygen atoms in total. The highest BCUT2D eigenvalue weighted by Gasteiger charge is 2.51. The van der Waals surface area contributed by atoms with Gasteiger partial charge in [0.1, 0.15) is 11.4 Å². The largest absolute Gasteiger partial charge is 0.325 e. The van der Waals surface area contributed by atoms with E-state index in [2.05, 4.69) is 10.6 Å². The fourth-order valence-electron chi connectivity index (χ4n) is 4.09. The number of halogens is 1. The molecule has 1 atom stereocenters. The van der Waals surface area contributed by atoms with E-state index in [4.69, 9.17) is 0 Å². The molecule has 7 heteroatoms. The molecule has 168 valence electrons. The summed E-state index contributed by atoms with van der Waals surface area (Å²) in [5, 5.41) is 5.62. The number of rotatable bonds is 7. The van der Waals surface area contributed by atoms with Crippen LogP contribution in [0.15, 0.2) is 78.9 Å². The first-order chi connectivity index (χ1) is 15.9. The van der Waals surface area contributed by atoms with Crippen LogP contribution in [0.25, 0.3) is 11.1 Å². The fraction of sp³-hybridized carbons (Fsp3) is 0.192. The predicted molar refractivity (Wildman–Crippen MR) is 124 cm³/mol. The Morgan fingerprint density at radius 3 is 2.33 bits per heavy atom. The third-order valence-electron chi connectivity index (χ3n) is 5.89. The number of carbonyl (C=O) groups is 3. The molecule has 3 aromatic rings. The predicted octanol–water partition coefficient (Wildman–Crippen LogP) is 4.68. The minimum atomic E-state index is -1.26. The molecule has 0 aromatic heterocycles. The van der Waals surface area contributed by atoms with Crippen LogP contribution in [0.2, 0.25) is 0 Å². The van der Waals surface area contributed by atoms with Crippen LogP contribution in [0.4, 0.5) is 14.9 Å². The van der Waals surface area contributed by atoms with Crippen LogP contribution in [0.5, 0.6) is 0 Å². The maximum atomic E-state index is 13.4. The molecule has 2 N–H and O–H groups in total. The zero-order valence-electron chi connectivity index (χ0n) is 18.2. The Hall–Kier alpha value is -4.00. The number of imide groups is 1. The van der Waals surface area contributed by atoms with E-state index in [-0.39, 0.29) is 18.9 Å². The highest BCUT2D eigenvalue weighted by molar-refractivity contribution is 6.08. The first kappa shape index (κ1) is 22.2. The van der Waals surface area contributed by atoms with Crippen molar-refractivity contribution in [3.8, 4) is 11.1 Å². The maximum Gasteiger partial charge on any atom is 0.325 e. The van der Waals surface area contributed by atoms with Crippen LogP contribution < -0.4 is 10.6 Å². The Morgan fingerprint density at radius 2 is 1.64 bits per heavy atom. The van der Waals surface area contributed by atoms with E-state index in [9.17, 15) is 18.8 Å². The average molecular weight is 445 g/mol. The molecule has 0 bridgehead atoms. The van der Waals surface area contributed by atoms with Crippen LogP contribution in [0.1, 0.15) is 25.3 Å². The Morgan fingerprint density at radius 1 is 0.970 bits per heavy atom. The van der Waals surface area contributed by atoms with Gasteiger partial charge in [-0.25, -0.2) is 9.18 Å². The molecule has 0 radical (unpaired) electrons. The standard InChI is InChI=1S/C26H24FN3O3/c1-2-26(19-12-14-20(27)15-13-19)24(32)30(25(33)29-26)17-16-23(31)28-22-11-7-6-10-21(22)18-8-4-3-5-9-18/h3-15H,2,16-17H2,1H3,(H,28,31)(H,29,33). The van der Waals surface area contributed by atoms with Crippen molar-refractivity contribution in [3.63, 3.8) is 0 Å². The molecule has 1 saturated heterocycles. The SMILES string of the molecule is CCC1(c2ccc(F)cc2)NC(=O)N(CCC(=O)Nc2ccccc2-c2ccccc2)C1=O. The van der Waals surface area contributed by atoms with Crippen molar-refractivity contribution in [1.82, 2.24) is 10.2 Å². The van der Waals surface area contributed by atoms with Gasteiger partial charge in [0.25, 0.3) is 5.91 Å². The van der Waals surface area contributed by atoms with E-state index in [0.717, 1.165) is 16.0 Å². The van der Waals surface area contributed by atoms with E-state index >= 15 is 0 Å². The van der Waals surface area contributed by atoms with Crippen molar-refractivity contribution >= 4 is 23.5 Å². The Kier molecular flexibility index (Phi) is 6.22. The molecule has 0 spiro atoms. The van der Waals surface area contributed by atoms with E-state index in [1.165, 1.54) is 24.3 Å². The molecule has 3 aromatic carbocycles. The van der Waals surface area contributed by atoms with Crippen molar-refractivity contribution in [2.45, 2.75) is 25.3 Å². The zero-order chi connectivity index (χ0) is 23.4. The number of para-hydroxylation sites is 1. The number of nitrogens with zero attached hydrogens (tertiary/aromatic N) is 1. The highest BCUT2D eigenvalue weighted by atomic mass is 19.1.